The van der Waals surface area contributed by atoms with Crippen molar-refractivity contribution in [3.8, 4) is 0 Å². The van der Waals surface area contributed by atoms with Crippen LogP contribution in [0.1, 0.15) is 24.3 Å². The zero-order valence-corrected chi connectivity index (χ0v) is 16.3. The van der Waals surface area contributed by atoms with Crippen LogP contribution in [0.5, 0.6) is 0 Å². The monoisotopic (exact) mass is 390 g/mol. The molecule has 0 radical (unpaired) electrons. The van der Waals surface area contributed by atoms with E-state index in [-0.39, 0.29) is 5.92 Å². The van der Waals surface area contributed by atoms with E-state index in [4.69, 9.17) is 0 Å². The largest absolute Gasteiger partial charge is 0.361 e. The molecule has 1 atom stereocenters. The number of anilines is 1. The zero-order chi connectivity index (χ0) is 20.1. The fraction of sp³-hybridized carbons (Fsp3) is 0.304. The number of rotatable bonds is 5. The summed E-state index contributed by atoms with van der Waals surface area (Å²) in [5, 5.41) is 9.86. The number of nitrogens with one attached hydrogen (secondary N) is 4. The summed E-state index contributed by atoms with van der Waals surface area (Å²) in [6, 6.07) is 17.7. The van der Waals surface area contributed by atoms with Crippen LogP contribution >= 0.6 is 0 Å². The second-order valence-corrected chi connectivity index (χ2v) is 7.51. The number of benzene rings is 2. The van der Waals surface area contributed by atoms with Gasteiger partial charge in [-0.2, -0.15) is 0 Å². The number of piperidine rings is 1. The van der Waals surface area contributed by atoms with E-state index >= 15 is 0 Å². The van der Waals surface area contributed by atoms with Gasteiger partial charge in [-0.05, 0) is 55.6 Å². The van der Waals surface area contributed by atoms with Crippen molar-refractivity contribution in [1.82, 2.24) is 15.6 Å². The molecule has 3 aromatic rings. The molecule has 2 aromatic carbocycles. The number of carbonyl (C=O) groups excluding carboxylic acids is 2. The van der Waals surface area contributed by atoms with E-state index in [0.717, 1.165) is 36.8 Å². The minimum Gasteiger partial charge on any atom is -0.361 e. The minimum absolute atomic E-state index is 0.197. The third kappa shape index (κ3) is 4.49. The number of amides is 2. The molecule has 1 saturated heterocycles. The van der Waals surface area contributed by atoms with Gasteiger partial charge in [0, 0.05) is 29.6 Å². The fourth-order valence-electron chi connectivity index (χ4n) is 4.16. The number of carbonyl (C=O) groups is 2. The molecule has 0 saturated carbocycles. The smallest absolute Gasteiger partial charge is 0.313 e. The van der Waals surface area contributed by atoms with Gasteiger partial charge in [0.25, 0.3) is 0 Å². The third-order valence-electron chi connectivity index (χ3n) is 5.71. The molecule has 1 aliphatic heterocycles. The summed E-state index contributed by atoms with van der Waals surface area (Å²) >= 11 is 0. The summed E-state index contributed by atoms with van der Waals surface area (Å²) in [5.41, 5.74) is 2.75. The normalized spacial score (nSPS) is 15.7. The van der Waals surface area contributed by atoms with Crippen LogP contribution in [0.2, 0.25) is 0 Å². The zero-order valence-electron chi connectivity index (χ0n) is 16.3. The van der Waals surface area contributed by atoms with Gasteiger partial charge in [0.15, 0.2) is 0 Å². The summed E-state index contributed by atoms with van der Waals surface area (Å²) in [5.74, 6) is -0.568. The summed E-state index contributed by atoms with van der Waals surface area (Å²) < 4.78 is 0. The van der Waals surface area contributed by atoms with Gasteiger partial charge in [0.2, 0.25) is 0 Å². The van der Waals surface area contributed by atoms with Crippen LogP contribution in [-0.2, 0) is 9.59 Å². The van der Waals surface area contributed by atoms with Gasteiger partial charge >= 0.3 is 11.8 Å². The van der Waals surface area contributed by atoms with Crippen LogP contribution < -0.4 is 16.0 Å². The highest BCUT2D eigenvalue weighted by atomic mass is 16.2. The maximum absolute atomic E-state index is 12.5. The molecule has 4 N–H and O–H groups in total. The van der Waals surface area contributed by atoms with E-state index in [9.17, 15) is 9.59 Å². The van der Waals surface area contributed by atoms with Crippen molar-refractivity contribution in [3.05, 3.63) is 66.4 Å². The second kappa shape index (κ2) is 8.92. The Balaban J connectivity index is 1.42. The molecule has 0 aliphatic carbocycles. The van der Waals surface area contributed by atoms with Crippen LogP contribution in [0.15, 0.2) is 60.8 Å². The molecule has 1 aromatic heterocycles. The summed E-state index contributed by atoms with van der Waals surface area (Å²) in [6.45, 7) is 2.43. The first-order valence-corrected chi connectivity index (χ1v) is 10.1. The van der Waals surface area contributed by atoms with Gasteiger partial charge in [-0.1, -0.05) is 36.4 Å². The van der Waals surface area contributed by atoms with E-state index in [1.165, 1.54) is 5.56 Å². The Morgan fingerprint density at radius 3 is 2.55 bits per heavy atom. The molecule has 4 rings (SSSR count). The lowest BCUT2D eigenvalue weighted by molar-refractivity contribution is -0.136. The van der Waals surface area contributed by atoms with Gasteiger partial charge in [-0.15, -0.1) is 0 Å². The van der Waals surface area contributed by atoms with Crippen LogP contribution in [0.25, 0.3) is 10.9 Å². The molecule has 2 amide bonds. The van der Waals surface area contributed by atoms with Crippen LogP contribution in [-0.4, -0.2) is 36.4 Å². The first-order chi connectivity index (χ1) is 14.2. The molecule has 2 heterocycles. The van der Waals surface area contributed by atoms with Crippen molar-refractivity contribution in [2.24, 2.45) is 5.92 Å². The molecule has 6 nitrogen and oxygen atoms in total. The second-order valence-electron chi connectivity index (χ2n) is 7.51. The lowest BCUT2D eigenvalue weighted by Gasteiger charge is -2.31. The van der Waals surface area contributed by atoms with Gasteiger partial charge in [0.05, 0.1) is 5.69 Å². The predicted octanol–water partition coefficient (Wildman–Crippen LogP) is 3.01. The van der Waals surface area contributed by atoms with Gasteiger partial charge in [0.1, 0.15) is 0 Å². The topological polar surface area (TPSA) is 86.0 Å². The van der Waals surface area contributed by atoms with Crippen molar-refractivity contribution in [1.29, 1.82) is 0 Å². The van der Waals surface area contributed by atoms with Crippen LogP contribution in [0.3, 0.4) is 0 Å². The Hall–Kier alpha value is -3.12. The number of aromatic amines is 1. The first-order valence-electron chi connectivity index (χ1n) is 10.1. The average Bonchev–Trinajstić information content (AvgIpc) is 3.25. The fourth-order valence-corrected chi connectivity index (χ4v) is 4.16. The molecule has 1 unspecified atom stereocenters. The first kappa shape index (κ1) is 19.2. The highest BCUT2D eigenvalue weighted by molar-refractivity contribution is 6.40. The molecule has 6 heteroatoms. The molecule has 29 heavy (non-hydrogen) atoms. The third-order valence-corrected chi connectivity index (χ3v) is 5.71. The maximum Gasteiger partial charge on any atom is 0.313 e. The summed E-state index contributed by atoms with van der Waals surface area (Å²) in [6.07, 6.45) is 3.94. The quantitative estimate of drug-likeness (QED) is 0.505. The van der Waals surface area contributed by atoms with Crippen molar-refractivity contribution < 1.29 is 9.59 Å². The number of aromatic nitrogens is 1. The molecule has 1 aliphatic rings. The van der Waals surface area contributed by atoms with Crippen LogP contribution in [0, 0.1) is 5.92 Å². The number of hydrogen-bond donors (Lipinski definition) is 4. The standard InChI is InChI=1S/C23H26N4O2/c28-22(23(29)27-21-8-4-7-20-18(21)11-14-25-20)26-15-19(16-5-2-1-3-6-16)17-9-12-24-13-10-17/h1-8,11,14,17,19,24-25H,9-10,12-13,15H2,(H,26,28)(H,27,29). The lowest BCUT2D eigenvalue weighted by Crippen LogP contribution is -2.40. The Bertz CT molecular complexity index is 977. The number of H-pyrrole nitrogens is 1. The number of fused-ring (bicyclic) bond motifs is 1. The van der Waals surface area contributed by atoms with Gasteiger partial charge in [-0.25, -0.2) is 0 Å². The van der Waals surface area contributed by atoms with Crippen molar-refractivity contribution >= 4 is 28.4 Å². The van der Waals surface area contributed by atoms with E-state index in [2.05, 4.69) is 33.1 Å². The van der Waals surface area contributed by atoms with E-state index < -0.39 is 11.8 Å². The molecule has 0 spiro atoms. The van der Waals surface area contributed by atoms with Crippen molar-refractivity contribution in [2.75, 3.05) is 25.0 Å². The summed E-state index contributed by atoms with van der Waals surface area (Å²) in [7, 11) is 0. The number of hydrogen-bond acceptors (Lipinski definition) is 3. The maximum atomic E-state index is 12.5. The SMILES string of the molecule is O=C(NCC(c1ccccc1)C1CCNCC1)C(=O)Nc1cccc2[nH]ccc12. The molecule has 1 fully saturated rings. The molecular weight excluding hydrogens is 364 g/mol. The van der Waals surface area contributed by atoms with Crippen molar-refractivity contribution in [2.45, 2.75) is 18.8 Å². The molecule has 150 valence electrons. The lowest BCUT2D eigenvalue weighted by atomic mass is 9.80. The highest BCUT2D eigenvalue weighted by Crippen LogP contribution is 2.30. The van der Waals surface area contributed by atoms with E-state index in [0.29, 0.717) is 18.2 Å². The van der Waals surface area contributed by atoms with Gasteiger partial charge in [-0.3, -0.25) is 9.59 Å². The Kier molecular flexibility index (Phi) is 5.91. The Morgan fingerprint density at radius 2 is 1.76 bits per heavy atom. The Labute approximate surface area is 170 Å². The van der Waals surface area contributed by atoms with E-state index in [1.807, 2.05) is 42.6 Å². The van der Waals surface area contributed by atoms with Crippen molar-refractivity contribution in [3.63, 3.8) is 0 Å². The Morgan fingerprint density at radius 1 is 0.966 bits per heavy atom. The van der Waals surface area contributed by atoms with E-state index in [1.54, 1.807) is 6.07 Å². The molecular formula is C23H26N4O2. The summed E-state index contributed by atoms with van der Waals surface area (Å²) in [4.78, 5) is 28.1. The molecule has 0 bridgehead atoms. The highest BCUT2D eigenvalue weighted by Gasteiger charge is 2.26. The average molecular weight is 390 g/mol. The van der Waals surface area contributed by atoms with Gasteiger partial charge < -0.3 is 20.9 Å². The minimum atomic E-state index is -0.643. The predicted molar refractivity (Wildman–Crippen MR) is 115 cm³/mol. The van der Waals surface area contributed by atoms with Crippen LogP contribution in [0.4, 0.5) is 5.69 Å².